The Morgan fingerprint density at radius 1 is 0.714 bits per heavy atom. The summed E-state index contributed by atoms with van der Waals surface area (Å²) in [5, 5.41) is 18.4. The van der Waals surface area contributed by atoms with Gasteiger partial charge in [-0.1, -0.05) is 91.0 Å². The zero-order valence-corrected chi connectivity index (χ0v) is 18.7. The first-order valence-corrected chi connectivity index (χ1v) is 9.91. The first kappa shape index (κ1) is 22.0. The average molecular weight is 571 g/mol. The summed E-state index contributed by atoms with van der Waals surface area (Å²) in [6, 6.07) is 32.3. The van der Waals surface area contributed by atoms with E-state index in [9.17, 15) is 0 Å². The molecule has 4 rings (SSSR count). The van der Waals surface area contributed by atoms with Crippen LogP contribution in [0.3, 0.4) is 0 Å². The summed E-state index contributed by atoms with van der Waals surface area (Å²) in [5.74, 6) is 0.546. The molecule has 0 aliphatic heterocycles. The topological polar surface area (TPSA) is 57.7 Å². The van der Waals surface area contributed by atoms with Crippen LogP contribution in [0.15, 0.2) is 91.0 Å². The molecule has 0 atom stereocenters. The van der Waals surface area contributed by atoms with E-state index >= 15 is 0 Å². The number of hydrogen-bond acceptors (Lipinski definition) is 3. The number of aromatic nitrogens is 4. The van der Waals surface area contributed by atoms with Gasteiger partial charge in [-0.25, -0.2) is 0 Å². The summed E-state index contributed by atoms with van der Waals surface area (Å²) in [6.07, 6.45) is 0. The fraction of sp³-hybridized carbons (Fsp3) is 0.0952. The fourth-order valence-electron chi connectivity index (χ4n) is 2.59. The van der Waals surface area contributed by atoms with Crippen molar-refractivity contribution >= 4 is 29.8 Å². The molecule has 0 aliphatic rings. The molecule has 0 N–H and O–H groups in total. The molecule has 1 aromatic heterocycles. The van der Waals surface area contributed by atoms with Gasteiger partial charge in [0.1, 0.15) is 0 Å². The number of hydrogen-bond donors (Lipinski definition) is 0. The van der Waals surface area contributed by atoms with E-state index in [0.717, 1.165) is 0 Å². The first-order valence-electron chi connectivity index (χ1n) is 8.57. The molecule has 5 nitrogen and oxygen atoms in total. The number of nitrogens with zero attached hydrogens (tertiary/aromatic N) is 5. The summed E-state index contributed by atoms with van der Waals surface area (Å²) >= 11 is 0. The SMILES string of the molecule is C[N-]c1nnnn1C.[Au+].c1ccc(P(c2ccccc2)c2ccccc2)cc1. The van der Waals surface area contributed by atoms with Crippen molar-refractivity contribution < 1.29 is 22.4 Å². The van der Waals surface area contributed by atoms with Crippen LogP contribution in [0.1, 0.15) is 0 Å². The molecule has 0 radical (unpaired) electrons. The number of benzene rings is 3. The van der Waals surface area contributed by atoms with E-state index in [4.69, 9.17) is 0 Å². The third-order valence-corrected chi connectivity index (χ3v) is 6.28. The van der Waals surface area contributed by atoms with Crippen LogP contribution in [0.4, 0.5) is 5.95 Å². The molecular formula is C21H21AuN5P. The monoisotopic (exact) mass is 571 g/mol. The van der Waals surface area contributed by atoms with Gasteiger partial charge in [-0.05, 0) is 37.9 Å². The molecule has 4 aromatic rings. The van der Waals surface area contributed by atoms with E-state index in [2.05, 4.69) is 112 Å². The van der Waals surface area contributed by atoms with Crippen molar-refractivity contribution in [3.8, 4) is 0 Å². The van der Waals surface area contributed by atoms with E-state index in [1.165, 1.54) is 20.6 Å². The Bertz CT molecular complexity index is 839. The Kier molecular flexibility index (Phi) is 9.05. The number of aryl methyl sites for hydroxylation is 1. The molecule has 1 heterocycles. The third-order valence-electron chi connectivity index (χ3n) is 3.84. The van der Waals surface area contributed by atoms with Gasteiger partial charge in [-0.3, -0.25) is 5.10 Å². The first-order chi connectivity index (χ1) is 13.3. The van der Waals surface area contributed by atoms with E-state index < -0.39 is 7.92 Å². The maximum absolute atomic E-state index is 3.76. The fourth-order valence-corrected chi connectivity index (χ4v) is 4.90. The normalized spacial score (nSPS) is 9.82. The predicted octanol–water partition coefficient (Wildman–Crippen LogP) is 3.29. The zero-order chi connectivity index (χ0) is 18.9. The maximum atomic E-state index is 3.76. The number of rotatable bonds is 4. The Morgan fingerprint density at radius 3 is 1.36 bits per heavy atom. The van der Waals surface area contributed by atoms with Gasteiger partial charge in [0.2, 0.25) is 0 Å². The van der Waals surface area contributed by atoms with E-state index in [1.54, 1.807) is 14.1 Å². The van der Waals surface area contributed by atoms with Gasteiger partial charge in [0.25, 0.3) is 0 Å². The molecule has 28 heavy (non-hydrogen) atoms. The standard InChI is InChI=1S/C18H15P.C3H6N5.Au/c1-4-10-16(11-5-1)19(17-12-6-2-7-13-17)18-14-8-3-9-15-18;1-4-3-5-6-7-8(3)2;/h1-15H;1-2H3;/q;-1;+1. The van der Waals surface area contributed by atoms with Crippen LogP contribution in [-0.4, -0.2) is 27.3 Å². The van der Waals surface area contributed by atoms with Crippen LogP contribution in [0.5, 0.6) is 0 Å². The minimum absolute atomic E-state index is 0. The Balaban J connectivity index is 0.000000264. The maximum Gasteiger partial charge on any atom is 1.00 e. The molecular weight excluding hydrogens is 550 g/mol. The second-order valence-electron chi connectivity index (χ2n) is 5.67. The molecule has 0 fully saturated rings. The summed E-state index contributed by atoms with van der Waals surface area (Å²) < 4.78 is 1.50. The molecule has 7 heteroatoms. The van der Waals surface area contributed by atoms with Gasteiger partial charge >= 0.3 is 22.4 Å². The van der Waals surface area contributed by atoms with Crippen molar-refractivity contribution in [2.24, 2.45) is 7.05 Å². The van der Waals surface area contributed by atoms with Crippen LogP contribution in [0, 0.1) is 0 Å². The molecule has 146 valence electrons. The second kappa shape index (κ2) is 11.5. The quantitative estimate of drug-likeness (QED) is 0.279. The van der Waals surface area contributed by atoms with Gasteiger partial charge in [0.15, 0.2) is 0 Å². The zero-order valence-electron chi connectivity index (χ0n) is 15.6. The van der Waals surface area contributed by atoms with Crippen LogP contribution >= 0.6 is 7.92 Å². The van der Waals surface area contributed by atoms with Gasteiger partial charge in [0.05, 0.1) is 5.95 Å². The van der Waals surface area contributed by atoms with E-state index in [1.807, 2.05) is 0 Å². The van der Waals surface area contributed by atoms with Gasteiger partial charge in [-0.15, -0.1) is 10.4 Å². The minimum Gasteiger partial charge on any atom is -0.395 e. The Labute approximate surface area is 182 Å². The molecule has 0 amide bonds. The molecule has 0 aliphatic carbocycles. The summed E-state index contributed by atoms with van der Waals surface area (Å²) in [6.45, 7) is 0. The van der Waals surface area contributed by atoms with E-state index in [-0.39, 0.29) is 22.4 Å². The summed E-state index contributed by atoms with van der Waals surface area (Å²) in [5.41, 5.74) is 0. The molecule has 0 saturated heterocycles. The number of tetrazole rings is 1. The van der Waals surface area contributed by atoms with Crippen molar-refractivity contribution in [1.82, 2.24) is 20.2 Å². The van der Waals surface area contributed by atoms with Crippen LogP contribution in [0.2, 0.25) is 0 Å². The van der Waals surface area contributed by atoms with Crippen molar-refractivity contribution in [2.75, 3.05) is 7.05 Å². The van der Waals surface area contributed by atoms with Gasteiger partial charge in [0, 0.05) is 0 Å². The van der Waals surface area contributed by atoms with Crippen LogP contribution in [0.25, 0.3) is 5.32 Å². The Morgan fingerprint density at radius 2 is 1.11 bits per heavy atom. The van der Waals surface area contributed by atoms with Crippen molar-refractivity contribution in [3.63, 3.8) is 0 Å². The van der Waals surface area contributed by atoms with Crippen LogP contribution < -0.4 is 15.9 Å². The predicted molar refractivity (Wildman–Crippen MR) is 113 cm³/mol. The smallest absolute Gasteiger partial charge is 0.395 e. The van der Waals surface area contributed by atoms with Crippen molar-refractivity contribution in [2.45, 2.75) is 0 Å². The second-order valence-corrected chi connectivity index (χ2v) is 7.89. The molecule has 3 aromatic carbocycles. The molecule has 0 bridgehead atoms. The molecule has 0 saturated carbocycles. The van der Waals surface area contributed by atoms with Crippen LogP contribution in [-0.2, 0) is 29.4 Å². The third kappa shape index (κ3) is 5.85. The summed E-state index contributed by atoms with van der Waals surface area (Å²) in [7, 11) is 2.94. The van der Waals surface area contributed by atoms with Gasteiger partial charge < -0.3 is 10.00 Å². The average Bonchev–Trinajstić information content (AvgIpc) is 3.16. The molecule has 0 spiro atoms. The minimum atomic E-state index is -0.446. The van der Waals surface area contributed by atoms with E-state index in [0.29, 0.717) is 5.95 Å². The Hall–Kier alpha value is -2.30. The summed E-state index contributed by atoms with van der Waals surface area (Å²) in [4.78, 5) is 0. The van der Waals surface area contributed by atoms with Gasteiger partial charge in [-0.2, -0.15) is 0 Å². The largest absolute Gasteiger partial charge is 1.00 e. The van der Waals surface area contributed by atoms with Crippen molar-refractivity contribution in [1.29, 1.82) is 0 Å². The molecule has 0 unspecified atom stereocenters. The van der Waals surface area contributed by atoms with Crippen molar-refractivity contribution in [3.05, 3.63) is 96.3 Å².